The van der Waals surface area contributed by atoms with Crippen LogP contribution < -0.4 is 0 Å². The molecule has 2 rings (SSSR count). The molecule has 0 bridgehead atoms. The minimum Gasteiger partial charge on any atom is -0.478 e. The Hall–Kier alpha value is -1.57. The highest BCUT2D eigenvalue weighted by Gasteiger charge is 2.35. The van der Waals surface area contributed by atoms with Crippen LogP contribution in [0.4, 0.5) is 0 Å². The Kier molecular flexibility index (Phi) is 5.22. The van der Waals surface area contributed by atoms with Gasteiger partial charge in [0.2, 0.25) is 0 Å². The summed E-state index contributed by atoms with van der Waals surface area (Å²) in [4.78, 5) is 11.8. The molecule has 1 aliphatic rings. The zero-order valence-electron chi connectivity index (χ0n) is 13.3. The third-order valence-electron chi connectivity index (χ3n) is 4.79. The molecule has 0 aliphatic heterocycles. The molecule has 0 heterocycles. The summed E-state index contributed by atoms with van der Waals surface area (Å²) < 4.78 is 0. The van der Waals surface area contributed by atoms with Crippen LogP contribution in [0.3, 0.4) is 0 Å². The van der Waals surface area contributed by atoms with Crippen LogP contribution in [0.25, 0.3) is 6.08 Å². The first kappa shape index (κ1) is 15.8. The van der Waals surface area contributed by atoms with Gasteiger partial charge in [0.15, 0.2) is 0 Å². The highest BCUT2D eigenvalue weighted by atomic mass is 16.4. The molecule has 1 aliphatic carbocycles. The molecule has 21 heavy (non-hydrogen) atoms. The van der Waals surface area contributed by atoms with E-state index in [4.69, 9.17) is 0 Å². The van der Waals surface area contributed by atoms with Crippen molar-refractivity contribution in [1.29, 1.82) is 0 Å². The number of aliphatic carboxylic acids is 1. The van der Waals surface area contributed by atoms with Crippen LogP contribution >= 0.6 is 0 Å². The first-order valence-corrected chi connectivity index (χ1v) is 7.99. The lowest BCUT2D eigenvalue weighted by atomic mass is 9.67. The Balaban J connectivity index is 2.35. The standard InChI is InChI=1S/C19H26O2/c1-13(2)16-10-9-14(3)11-17(16)18(19(20)21)12-15-7-5-4-6-8-15/h4-8,12-14,16-17H,9-11H2,1-3H3,(H,20,21)/b18-12+/t14-,16+,17-/m1/s1. The minimum absolute atomic E-state index is 0.173. The van der Waals surface area contributed by atoms with Crippen molar-refractivity contribution in [2.75, 3.05) is 0 Å². The molecule has 2 heteroatoms. The van der Waals surface area contributed by atoms with Gasteiger partial charge in [-0.2, -0.15) is 0 Å². The molecule has 1 N–H and O–H groups in total. The van der Waals surface area contributed by atoms with Crippen molar-refractivity contribution >= 4 is 12.0 Å². The Morgan fingerprint density at radius 1 is 1.24 bits per heavy atom. The summed E-state index contributed by atoms with van der Waals surface area (Å²) in [5.74, 6) is 1.03. The van der Waals surface area contributed by atoms with Gasteiger partial charge >= 0.3 is 5.97 Å². The normalized spacial score (nSPS) is 26.9. The molecular weight excluding hydrogens is 260 g/mol. The molecule has 1 fully saturated rings. The molecule has 3 atom stereocenters. The van der Waals surface area contributed by atoms with Gasteiger partial charge in [-0.1, -0.05) is 57.5 Å². The van der Waals surface area contributed by atoms with Gasteiger partial charge < -0.3 is 5.11 Å². The summed E-state index contributed by atoms with van der Waals surface area (Å²) >= 11 is 0. The summed E-state index contributed by atoms with van der Waals surface area (Å²) in [7, 11) is 0. The van der Waals surface area contributed by atoms with Crippen LogP contribution in [0, 0.1) is 23.7 Å². The van der Waals surface area contributed by atoms with E-state index >= 15 is 0 Å². The number of rotatable bonds is 4. The molecule has 0 spiro atoms. The molecule has 2 nitrogen and oxygen atoms in total. The van der Waals surface area contributed by atoms with E-state index in [1.54, 1.807) is 0 Å². The summed E-state index contributed by atoms with van der Waals surface area (Å²) in [6.45, 7) is 6.68. The summed E-state index contributed by atoms with van der Waals surface area (Å²) in [6, 6.07) is 9.81. The van der Waals surface area contributed by atoms with Gasteiger partial charge in [0.1, 0.15) is 0 Å². The average Bonchev–Trinajstić information content (AvgIpc) is 2.45. The fraction of sp³-hybridized carbons (Fsp3) is 0.526. The molecule has 1 aromatic rings. The second-order valence-electron chi connectivity index (χ2n) is 6.75. The minimum atomic E-state index is -0.761. The van der Waals surface area contributed by atoms with Gasteiger partial charge in [-0.3, -0.25) is 0 Å². The van der Waals surface area contributed by atoms with Gasteiger partial charge in [-0.05, 0) is 48.2 Å². The maximum absolute atomic E-state index is 11.8. The van der Waals surface area contributed by atoms with E-state index in [9.17, 15) is 9.90 Å². The van der Waals surface area contributed by atoms with Gasteiger partial charge in [-0.15, -0.1) is 0 Å². The van der Waals surface area contributed by atoms with E-state index in [0.29, 0.717) is 23.3 Å². The van der Waals surface area contributed by atoms with Crippen LogP contribution in [0.15, 0.2) is 35.9 Å². The highest BCUT2D eigenvalue weighted by Crippen LogP contribution is 2.42. The quantitative estimate of drug-likeness (QED) is 0.802. The second kappa shape index (κ2) is 6.93. The van der Waals surface area contributed by atoms with Crippen molar-refractivity contribution in [3.63, 3.8) is 0 Å². The molecule has 0 aromatic heterocycles. The highest BCUT2D eigenvalue weighted by molar-refractivity contribution is 5.92. The third-order valence-corrected chi connectivity index (χ3v) is 4.79. The fourth-order valence-electron chi connectivity index (χ4n) is 3.62. The molecule has 0 radical (unpaired) electrons. The van der Waals surface area contributed by atoms with Crippen LogP contribution in [0.2, 0.25) is 0 Å². The van der Waals surface area contributed by atoms with E-state index < -0.39 is 5.97 Å². The van der Waals surface area contributed by atoms with Crippen molar-refractivity contribution in [3.05, 3.63) is 41.5 Å². The van der Waals surface area contributed by atoms with Crippen molar-refractivity contribution < 1.29 is 9.90 Å². The molecule has 1 aromatic carbocycles. The van der Waals surface area contributed by atoms with Crippen LogP contribution in [-0.4, -0.2) is 11.1 Å². The van der Waals surface area contributed by atoms with Gasteiger partial charge in [0, 0.05) is 5.57 Å². The third kappa shape index (κ3) is 3.96. The Labute approximate surface area is 127 Å². The number of benzene rings is 1. The number of carbonyl (C=O) groups is 1. The zero-order chi connectivity index (χ0) is 15.4. The predicted molar refractivity (Wildman–Crippen MR) is 86.9 cm³/mol. The maximum atomic E-state index is 11.8. The Morgan fingerprint density at radius 2 is 1.90 bits per heavy atom. The summed E-state index contributed by atoms with van der Waals surface area (Å²) in [5, 5.41) is 9.70. The van der Waals surface area contributed by atoms with E-state index in [1.807, 2.05) is 36.4 Å². The molecule has 0 saturated heterocycles. The van der Waals surface area contributed by atoms with E-state index in [-0.39, 0.29) is 5.92 Å². The lowest BCUT2D eigenvalue weighted by Gasteiger charge is -2.37. The largest absolute Gasteiger partial charge is 0.478 e. The van der Waals surface area contributed by atoms with Gasteiger partial charge in [-0.25, -0.2) is 4.79 Å². The Bertz CT molecular complexity index is 502. The van der Waals surface area contributed by atoms with Crippen LogP contribution in [-0.2, 0) is 4.79 Å². The lowest BCUT2D eigenvalue weighted by Crippen LogP contribution is -2.31. The second-order valence-corrected chi connectivity index (χ2v) is 6.75. The van der Waals surface area contributed by atoms with Crippen LogP contribution in [0.5, 0.6) is 0 Å². The first-order valence-electron chi connectivity index (χ1n) is 7.99. The summed E-state index contributed by atoms with van der Waals surface area (Å²) in [5.41, 5.74) is 1.57. The van der Waals surface area contributed by atoms with Crippen molar-refractivity contribution in [3.8, 4) is 0 Å². The van der Waals surface area contributed by atoms with Crippen molar-refractivity contribution in [2.45, 2.75) is 40.0 Å². The number of carboxylic acids is 1. The number of hydrogen-bond donors (Lipinski definition) is 1. The molecule has 114 valence electrons. The monoisotopic (exact) mass is 286 g/mol. The average molecular weight is 286 g/mol. The van der Waals surface area contributed by atoms with Gasteiger partial charge in [0.25, 0.3) is 0 Å². The zero-order valence-corrected chi connectivity index (χ0v) is 13.3. The molecule has 0 unspecified atom stereocenters. The number of carboxylic acid groups (broad SMARTS) is 1. The van der Waals surface area contributed by atoms with Crippen molar-refractivity contribution in [1.82, 2.24) is 0 Å². The molecule has 0 amide bonds. The van der Waals surface area contributed by atoms with E-state index in [2.05, 4.69) is 20.8 Å². The summed E-state index contributed by atoms with van der Waals surface area (Å²) in [6.07, 6.45) is 5.23. The van der Waals surface area contributed by atoms with Gasteiger partial charge in [0.05, 0.1) is 0 Å². The number of hydrogen-bond acceptors (Lipinski definition) is 1. The van der Waals surface area contributed by atoms with E-state index in [1.165, 1.54) is 6.42 Å². The first-order chi connectivity index (χ1) is 9.99. The molecular formula is C19H26O2. The fourth-order valence-corrected chi connectivity index (χ4v) is 3.62. The smallest absolute Gasteiger partial charge is 0.331 e. The van der Waals surface area contributed by atoms with E-state index in [0.717, 1.165) is 18.4 Å². The molecule has 1 saturated carbocycles. The maximum Gasteiger partial charge on any atom is 0.331 e. The van der Waals surface area contributed by atoms with Crippen LogP contribution in [0.1, 0.15) is 45.6 Å². The SMILES string of the molecule is CC(C)[C@@H]1CC[C@@H](C)C[C@H]1/C(=C\c1ccccc1)C(=O)O. The predicted octanol–water partition coefficient (Wildman–Crippen LogP) is 4.86. The van der Waals surface area contributed by atoms with Crippen molar-refractivity contribution in [2.24, 2.45) is 23.7 Å². The Morgan fingerprint density at radius 3 is 2.48 bits per heavy atom. The topological polar surface area (TPSA) is 37.3 Å². The lowest BCUT2D eigenvalue weighted by molar-refractivity contribution is -0.133.